The van der Waals surface area contributed by atoms with Gasteiger partial charge in [0.05, 0.1) is 30.8 Å². The van der Waals surface area contributed by atoms with Gasteiger partial charge in [-0.1, -0.05) is 18.2 Å². The highest BCUT2D eigenvalue weighted by molar-refractivity contribution is 7.91. The van der Waals surface area contributed by atoms with Crippen molar-refractivity contribution in [2.75, 3.05) is 19.5 Å². The molecule has 26 heavy (non-hydrogen) atoms. The number of hydrogen-bond donors (Lipinski definition) is 0. The molecule has 0 saturated heterocycles. The number of hydrogen-bond acceptors (Lipinski definition) is 5. The quantitative estimate of drug-likeness (QED) is 0.657. The summed E-state index contributed by atoms with van der Waals surface area (Å²) in [4.78, 5) is 12.0. The van der Waals surface area contributed by atoms with Crippen LogP contribution < -0.4 is 4.74 Å². The van der Waals surface area contributed by atoms with Crippen LogP contribution in [0.4, 0.5) is 4.39 Å². The smallest absolute Gasteiger partial charge is 0.306 e. The predicted molar refractivity (Wildman–Crippen MR) is 95.4 cm³/mol. The molecule has 0 aliphatic carbocycles. The van der Waals surface area contributed by atoms with Crippen molar-refractivity contribution in [3.8, 4) is 5.75 Å². The van der Waals surface area contributed by atoms with Crippen LogP contribution in [0.1, 0.15) is 24.8 Å². The maximum atomic E-state index is 13.2. The molecule has 0 radical (unpaired) electrons. The van der Waals surface area contributed by atoms with Gasteiger partial charge in [-0.05, 0) is 42.8 Å². The second kappa shape index (κ2) is 8.80. The first kappa shape index (κ1) is 19.9. The third kappa shape index (κ3) is 5.29. The van der Waals surface area contributed by atoms with Crippen LogP contribution >= 0.6 is 0 Å². The minimum Gasteiger partial charge on any atom is -0.497 e. The largest absolute Gasteiger partial charge is 0.497 e. The number of ether oxygens (including phenoxy) is 2. The lowest BCUT2D eigenvalue weighted by Crippen LogP contribution is -2.19. The van der Waals surface area contributed by atoms with E-state index < -0.39 is 27.5 Å². The Morgan fingerprint density at radius 3 is 2.46 bits per heavy atom. The number of carbonyl (C=O) groups excluding carboxylic acids is 1. The summed E-state index contributed by atoms with van der Waals surface area (Å²) in [5, 5.41) is 0. The van der Waals surface area contributed by atoms with Gasteiger partial charge in [0.15, 0.2) is 9.84 Å². The van der Waals surface area contributed by atoms with E-state index in [9.17, 15) is 17.6 Å². The summed E-state index contributed by atoms with van der Waals surface area (Å²) in [6, 6.07) is 11.6. The maximum absolute atomic E-state index is 13.2. The third-order valence-corrected chi connectivity index (χ3v) is 5.69. The Balaban J connectivity index is 2.32. The minimum atomic E-state index is -3.69. The van der Waals surface area contributed by atoms with Gasteiger partial charge in [0.2, 0.25) is 0 Å². The van der Waals surface area contributed by atoms with Crippen LogP contribution in [-0.2, 0) is 19.4 Å². The second-order valence-corrected chi connectivity index (χ2v) is 7.75. The van der Waals surface area contributed by atoms with Gasteiger partial charge < -0.3 is 9.47 Å². The van der Waals surface area contributed by atoms with Crippen molar-refractivity contribution in [3.63, 3.8) is 0 Å². The van der Waals surface area contributed by atoms with E-state index in [4.69, 9.17) is 9.47 Å². The molecule has 0 aliphatic heterocycles. The number of halogens is 1. The molecule has 2 aromatic carbocycles. The van der Waals surface area contributed by atoms with Crippen LogP contribution in [0.25, 0.3) is 0 Å². The second-order valence-electron chi connectivity index (χ2n) is 5.72. The molecule has 0 heterocycles. The van der Waals surface area contributed by atoms with E-state index in [1.54, 1.807) is 19.1 Å². The lowest BCUT2D eigenvalue weighted by atomic mass is 9.98. The summed E-state index contributed by atoms with van der Waals surface area (Å²) in [7, 11) is -2.24. The monoisotopic (exact) mass is 380 g/mol. The molecule has 0 spiro atoms. The normalized spacial score (nSPS) is 12.4. The van der Waals surface area contributed by atoms with Gasteiger partial charge in [0, 0.05) is 5.92 Å². The van der Waals surface area contributed by atoms with Crippen LogP contribution in [0.2, 0.25) is 0 Å². The van der Waals surface area contributed by atoms with Crippen molar-refractivity contribution in [1.82, 2.24) is 0 Å². The molecule has 2 aromatic rings. The molecule has 5 nitrogen and oxygen atoms in total. The number of sulfone groups is 1. The van der Waals surface area contributed by atoms with E-state index in [1.165, 1.54) is 43.5 Å². The standard InChI is InChI=1S/C19H21FO5S/c1-3-25-19(21)11-15(14-7-9-16(20)10-8-14)13-26(22,23)18-6-4-5-17(12-18)24-2/h4-10,12,15H,3,11,13H2,1-2H3. The molecule has 140 valence electrons. The Kier molecular flexibility index (Phi) is 6.74. The molecular weight excluding hydrogens is 359 g/mol. The van der Waals surface area contributed by atoms with Crippen molar-refractivity contribution < 1.29 is 27.1 Å². The van der Waals surface area contributed by atoms with Gasteiger partial charge >= 0.3 is 5.97 Å². The number of benzene rings is 2. The fraction of sp³-hybridized carbons (Fsp3) is 0.316. The maximum Gasteiger partial charge on any atom is 0.306 e. The summed E-state index contributed by atoms with van der Waals surface area (Å²) in [6.45, 7) is 1.88. The highest BCUT2D eigenvalue weighted by Gasteiger charge is 2.26. The van der Waals surface area contributed by atoms with E-state index in [0.717, 1.165) is 0 Å². The number of rotatable bonds is 8. The van der Waals surface area contributed by atoms with Crippen molar-refractivity contribution in [1.29, 1.82) is 0 Å². The summed E-state index contributed by atoms with van der Waals surface area (Å²) in [6.07, 6.45) is -0.108. The molecule has 2 rings (SSSR count). The Bertz CT molecular complexity index is 846. The molecule has 1 unspecified atom stereocenters. The molecule has 1 atom stereocenters. The van der Waals surface area contributed by atoms with Gasteiger partial charge in [0.1, 0.15) is 11.6 Å². The number of carbonyl (C=O) groups is 1. The lowest BCUT2D eigenvalue weighted by Gasteiger charge is -2.17. The third-order valence-electron chi connectivity index (χ3n) is 3.88. The molecule has 0 bridgehead atoms. The molecule has 0 fully saturated rings. The van der Waals surface area contributed by atoms with E-state index in [1.807, 2.05) is 0 Å². The first-order valence-corrected chi connectivity index (χ1v) is 9.79. The first-order valence-electron chi connectivity index (χ1n) is 8.13. The molecule has 0 aromatic heterocycles. The zero-order valence-electron chi connectivity index (χ0n) is 14.6. The van der Waals surface area contributed by atoms with Gasteiger partial charge in [-0.2, -0.15) is 0 Å². The molecule has 0 saturated carbocycles. The van der Waals surface area contributed by atoms with Crippen molar-refractivity contribution in [3.05, 3.63) is 59.9 Å². The average molecular weight is 380 g/mol. The summed E-state index contributed by atoms with van der Waals surface area (Å²) in [5.41, 5.74) is 0.561. The molecule has 0 N–H and O–H groups in total. The molecule has 0 amide bonds. The molecular formula is C19H21FO5S. The van der Waals surface area contributed by atoms with Gasteiger partial charge in [-0.25, -0.2) is 12.8 Å². The Labute approximate surface area is 152 Å². The van der Waals surface area contributed by atoms with E-state index in [-0.39, 0.29) is 23.7 Å². The fourth-order valence-electron chi connectivity index (χ4n) is 2.58. The van der Waals surface area contributed by atoms with E-state index in [2.05, 4.69) is 0 Å². The highest BCUT2D eigenvalue weighted by atomic mass is 32.2. The van der Waals surface area contributed by atoms with Crippen LogP contribution in [0.5, 0.6) is 5.75 Å². The Morgan fingerprint density at radius 1 is 1.15 bits per heavy atom. The number of methoxy groups -OCH3 is 1. The molecule has 7 heteroatoms. The van der Waals surface area contributed by atoms with Crippen LogP contribution in [-0.4, -0.2) is 33.9 Å². The zero-order chi connectivity index (χ0) is 19.2. The SMILES string of the molecule is CCOC(=O)CC(CS(=O)(=O)c1cccc(OC)c1)c1ccc(F)cc1. The Morgan fingerprint density at radius 2 is 1.85 bits per heavy atom. The van der Waals surface area contributed by atoms with Crippen molar-refractivity contribution >= 4 is 15.8 Å². The minimum absolute atomic E-state index is 0.104. The van der Waals surface area contributed by atoms with Crippen LogP contribution in [0.3, 0.4) is 0 Å². The summed E-state index contributed by atoms with van der Waals surface area (Å²) >= 11 is 0. The first-order chi connectivity index (χ1) is 12.4. The Hall–Kier alpha value is -2.41. The molecule has 0 aliphatic rings. The fourth-order valence-corrected chi connectivity index (χ4v) is 4.20. The number of esters is 1. The van der Waals surface area contributed by atoms with Crippen LogP contribution in [0.15, 0.2) is 53.4 Å². The summed E-state index contributed by atoms with van der Waals surface area (Å²) in [5.74, 6) is -1.45. The van der Waals surface area contributed by atoms with E-state index >= 15 is 0 Å². The zero-order valence-corrected chi connectivity index (χ0v) is 15.5. The summed E-state index contributed by atoms with van der Waals surface area (Å²) < 4.78 is 48.8. The van der Waals surface area contributed by atoms with Gasteiger partial charge in [0.25, 0.3) is 0 Å². The average Bonchev–Trinajstić information content (AvgIpc) is 2.62. The lowest BCUT2D eigenvalue weighted by molar-refractivity contribution is -0.143. The van der Waals surface area contributed by atoms with Gasteiger partial charge in [-0.3, -0.25) is 4.79 Å². The highest BCUT2D eigenvalue weighted by Crippen LogP contribution is 2.27. The van der Waals surface area contributed by atoms with E-state index in [0.29, 0.717) is 11.3 Å². The predicted octanol–water partition coefficient (Wildman–Crippen LogP) is 3.35. The van der Waals surface area contributed by atoms with Crippen LogP contribution in [0, 0.1) is 5.82 Å². The topological polar surface area (TPSA) is 69.7 Å². The van der Waals surface area contributed by atoms with Crippen molar-refractivity contribution in [2.45, 2.75) is 24.2 Å². The van der Waals surface area contributed by atoms with Crippen molar-refractivity contribution in [2.24, 2.45) is 0 Å². The van der Waals surface area contributed by atoms with Gasteiger partial charge in [-0.15, -0.1) is 0 Å².